The van der Waals surface area contributed by atoms with Crippen molar-refractivity contribution in [2.24, 2.45) is 0 Å². The Kier molecular flexibility index (Phi) is 4.47. The van der Waals surface area contributed by atoms with Crippen LogP contribution in [0.3, 0.4) is 0 Å². The molecular weight excluding hydrogens is 261 g/mol. The predicted octanol–water partition coefficient (Wildman–Crippen LogP) is 3.01. The maximum atomic E-state index is 12.5. The van der Waals surface area contributed by atoms with Gasteiger partial charge in [0.05, 0.1) is 12.7 Å². The highest BCUT2D eigenvalue weighted by Crippen LogP contribution is 2.29. The molecular formula is C13H11F3O3. The van der Waals surface area contributed by atoms with Gasteiger partial charge in [0.1, 0.15) is 0 Å². The van der Waals surface area contributed by atoms with E-state index in [9.17, 15) is 22.8 Å². The fourth-order valence-electron chi connectivity index (χ4n) is 1.38. The number of Topliss-reactive ketones (excluding diaryl/α,β-unsaturated/α-hetero) is 1. The van der Waals surface area contributed by atoms with Crippen molar-refractivity contribution in [1.82, 2.24) is 0 Å². The topological polar surface area (TPSA) is 43.4 Å². The maximum absolute atomic E-state index is 12.5. The van der Waals surface area contributed by atoms with Gasteiger partial charge < -0.3 is 4.74 Å². The Bertz CT molecular complexity index is 518. The van der Waals surface area contributed by atoms with E-state index in [2.05, 4.69) is 11.3 Å². The molecule has 0 amide bonds. The third-order valence-corrected chi connectivity index (χ3v) is 2.36. The molecule has 0 atom stereocenters. The third-order valence-electron chi connectivity index (χ3n) is 2.36. The summed E-state index contributed by atoms with van der Waals surface area (Å²) in [5.74, 6) is -1.39. The van der Waals surface area contributed by atoms with Gasteiger partial charge in [-0.3, -0.25) is 4.79 Å². The van der Waals surface area contributed by atoms with Crippen molar-refractivity contribution in [2.45, 2.75) is 12.6 Å². The summed E-state index contributed by atoms with van der Waals surface area (Å²) in [4.78, 5) is 22.8. The molecule has 6 heteroatoms. The van der Waals surface area contributed by atoms with E-state index in [4.69, 9.17) is 0 Å². The number of rotatable bonds is 4. The lowest BCUT2D eigenvalue weighted by atomic mass is 10.0. The van der Waals surface area contributed by atoms with Crippen LogP contribution in [0.25, 0.3) is 0 Å². The first-order valence-corrected chi connectivity index (χ1v) is 5.22. The molecule has 0 fully saturated rings. The SMILES string of the molecule is C=C(CC(=O)c1cccc(C(F)(F)F)c1)C(=O)OC. The summed E-state index contributed by atoms with van der Waals surface area (Å²) in [5, 5.41) is 0. The average molecular weight is 272 g/mol. The number of benzene rings is 1. The number of hydrogen-bond donors (Lipinski definition) is 0. The van der Waals surface area contributed by atoms with E-state index >= 15 is 0 Å². The molecule has 3 nitrogen and oxygen atoms in total. The van der Waals surface area contributed by atoms with E-state index in [1.807, 2.05) is 0 Å². The summed E-state index contributed by atoms with van der Waals surface area (Å²) < 4.78 is 41.8. The molecule has 0 saturated heterocycles. The molecule has 102 valence electrons. The second kappa shape index (κ2) is 5.69. The molecule has 1 rings (SSSR count). The van der Waals surface area contributed by atoms with Crippen LogP contribution in [-0.4, -0.2) is 18.9 Å². The van der Waals surface area contributed by atoms with Crippen molar-refractivity contribution < 1.29 is 27.5 Å². The number of halogens is 3. The molecule has 0 heterocycles. The van der Waals surface area contributed by atoms with Crippen LogP contribution >= 0.6 is 0 Å². The Morgan fingerprint density at radius 1 is 1.32 bits per heavy atom. The monoisotopic (exact) mass is 272 g/mol. The highest BCUT2D eigenvalue weighted by molar-refractivity contribution is 6.03. The van der Waals surface area contributed by atoms with Crippen LogP contribution in [0.1, 0.15) is 22.3 Å². The lowest BCUT2D eigenvalue weighted by Gasteiger charge is -2.08. The molecule has 0 bridgehead atoms. The fraction of sp³-hybridized carbons (Fsp3) is 0.231. The van der Waals surface area contributed by atoms with Gasteiger partial charge in [0.2, 0.25) is 0 Å². The second-order valence-electron chi connectivity index (χ2n) is 3.77. The number of ketones is 1. The summed E-state index contributed by atoms with van der Waals surface area (Å²) in [6.45, 7) is 3.34. The van der Waals surface area contributed by atoms with E-state index in [-0.39, 0.29) is 17.6 Å². The molecule has 0 N–H and O–H groups in total. The van der Waals surface area contributed by atoms with Gasteiger partial charge in [-0.25, -0.2) is 4.79 Å². The minimum absolute atomic E-state index is 0.107. The maximum Gasteiger partial charge on any atom is 0.416 e. The number of hydrogen-bond acceptors (Lipinski definition) is 3. The van der Waals surface area contributed by atoms with E-state index in [1.54, 1.807) is 0 Å². The molecule has 19 heavy (non-hydrogen) atoms. The molecule has 0 aliphatic carbocycles. The van der Waals surface area contributed by atoms with E-state index in [1.165, 1.54) is 6.07 Å². The van der Waals surface area contributed by atoms with Crippen molar-refractivity contribution in [3.63, 3.8) is 0 Å². The van der Waals surface area contributed by atoms with Gasteiger partial charge in [0, 0.05) is 17.6 Å². The minimum Gasteiger partial charge on any atom is -0.466 e. The lowest BCUT2D eigenvalue weighted by molar-refractivity contribution is -0.138. The molecule has 0 aliphatic heterocycles. The summed E-state index contributed by atoms with van der Waals surface area (Å²) in [6.07, 6.45) is -4.90. The number of carbonyl (C=O) groups is 2. The van der Waals surface area contributed by atoms with Crippen LogP contribution in [0.4, 0.5) is 13.2 Å². The number of ether oxygens (including phenoxy) is 1. The quantitative estimate of drug-likeness (QED) is 0.480. The van der Waals surface area contributed by atoms with Crippen LogP contribution in [0.2, 0.25) is 0 Å². The van der Waals surface area contributed by atoms with E-state index in [0.29, 0.717) is 0 Å². The minimum atomic E-state index is -4.52. The first kappa shape index (κ1) is 14.9. The molecule has 1 aromatic carbocycles. The van der Waals surface area contributed by atoms with Crippen molar-refractivity contribution in [1.29, 1.82) is 0 Å². The van der Waals surface area contributed by atoms with Gasteiger partial charge in [0.25, 0.3) is 0 Å². The van der Waals surface area contributed by atoms with Gasteiger partial charge in [-0.2, -0.15) is 13.2 Å². The Labute approximate surface area is 107 Å². The van der Waals surface area contributed by atoms with Crippen LogP contribution in [0, 0.1) is 0 Å². The predicted molar refractivity (Wildman–Crippen MR) is 61.5 cm³/mol. The number of alkyl halides is 3. The van der Waals surface area contributed by atoms with Crippen LogP contribution in [0.5, 0.6) is 0 Å². The smallest absolute Gasteiger partial charge is 0.416 e. The van der Waals surface area contributed by atoms with Crippen LogP contribution in [0.15, 0.2) is 36.4 Å². The second-order valence-corrected chi connectivity index (χ2v) is 3.77. The zero-order chi connectivity index (χ0) is 14.6. The number of carbonyl (C=O) groups excluding carboxylic acids is 2. The summed E-state index contributed by atoms with van der Waals surface area (Å²) >= 11 is 0. The Morgan fingerprint density at radius 3 is 2.47 bits per heavy atom. The van der Waals surface area contributed by atoms with E-state index < -0.39 is 23.5 Å². The van der Waals surface area contributed by atoms with Gasteiger partial charge in [-0.1, -0.05) is 18.7 Å². The average Bonchev–Trinajstić information content (AvgIpc) is 2.36. The Morgan fingerprint density at radius 2 is 1.95 bits per heavy atom. The summed E-state index contributed by atoms with van der Waals surface area (Å²) in [5.41, 5.74) is -1.15. The molecule has 0 saturated carbocycles. The zero-order valence-electron chi connectivity index (χ0n) is 10.1. The van der Waals surface area contributed by atoms with Crippen LogP contribution < -0.4 is 0 Å². The molecule has 1 aromatic rings. The molecule has 0 aromatic heterocycles. The van der Waals surface area contributed by atoms with Crippen LogP contribution in [-0.2, 0) is 15.7 Å². The van der Waals surface area contributed by atoms with Crippen molar-refractivity contribution in [3.05, 3.63) is 47.5 Å². The molecule has 0 radical (unpaired) electrons. The normalized spacial score (nSPS) is 10.9. The summed E-state index contributed by atoms with van der Waals surface area (Å²) in [6, 6.07) is 4.00. The Balaban J connectivity index is 2.90. The van der Waals surface area contributed by atoms with E-state index in [0.717, 1.165) is 25.3 Å². The van der Waals surface area contributed by atoms with Gasteiger partial charge in [0.15, 0.2) is 5.78 Å². The van der Waals surface area contributed by atoms with Gasteiger partial charge in [-0.15, -0.1) is 0 Å². The van der Waals surface area contributed by atoms with Crippen molar-refractivity contribution >= 4 is 11.8 Å². The Hall–Kier alpha value is -2.11. The highest BCUT2D eigenvalue weighted by Gasteiger charge is 2.30. The first-order valence-electron chi connectivity index (χ1n) is 5.22. The number of methoxy groups -OCH3 is 1. The first-order chi connectivity index (χ1) is 8.75. The van der Waals surface area contributed by atoms with Gasteiger partial charge >= 0.3 is 12.1 Å². The standard InChI is InChI=1S/C13H11F3O3/c1-8(12(18)19-2)6-11(17)9-4-3-5-10(7-9)13(14,15)16/h3-5,7H,1,6H2,2H3. The zero-order valence-corrected chi connectivity index (χ0v) is 10.1. The molecule has 0 aliphatic rings. The van der Waals surface area contributed by atoms with Crippen molar-refractivity contribution in [2.75, 3.05) is 7.11 Å². The third kappa shape index (κ3) is 3.94. The summed E-state index contributed by atoms with van der Waals surface area (Å²) in [7, 11) is 1.13. The molecule has 0 spiro atoms. The van der Waals surface area contributed by atoms with Crippen molar-refractivity contribution in [3.8, 4) is 0 Å². The number of esters is 1. The lowest BCUT2D eigenvalue weighted by Crippen LogP contribution is -2.11. The largest absolute Gasteiger partial charge is 0.466 e. The highest BCUT2D eigenvalue weighted by atomic mass is 19.4. The van der Waals surface area contributed by atoms with Gasteiger partial charge in [-0.05, 0) is 12.1 Å². The fourth-order valence-corrected chi connectivity index (χ4v) is 1.38. The molecule has 0 unspecified atom stereocenters.